The highest BCUT2D eigenvalue weighted by Gasteiger charge is 2.22. The molecular weight excluding hydrogens is 244 g/mol. The van der Waals surface area contributed by atoms with Crippen LogP contribution in [0.5, 0.6) is 0 Å². The topological polar surface area (TPSA) is 46.6 Å². The van der Waals surface area contributed by atoms with E-state index in [0.717, 1.165) is 29.7 Å². The first-order valence-corrected chi connectivity index (χ1v) is 7.53. The zero-order valence-corrected chi connectivity index (χ0v) is 11.6. The fourth-order valence-electron chi connectivity index (χ4n) is 2.64. The van der Waals surface area contributed by atoms with Gasteiger partial charge in [-0.05, 0) is 25.3 Å². The number of imidazole rings is 1. The summed E-state index contributed by atoms with van der Waals surface area (Å²) in [5.74, 6) is 1.99. The molecule has 5 heteroatoms. The van der Waals surface area contributed by atoms with Crippen LogP contribution in [0.1, 0.15) is 25.0 Å². The molecule has 0 atom stereocenters. The van der Waals surface area contributed by atoms with Gasteiger partial charge >= 0.3 is 0 Å². The van der Waals surface area contributed by atoms with Crippen LogP contribution in [0.2, 0.25) is 0 Å². The molecule has 1 fully saturated rings. The van der Waals surface area contributed by atoms with Crippen molar-refractivity contribution in [2.24, 2.45) is 11.7 Å². The van der Waals surface area contributed by atoms with Crippen LogP contribution in [0, 0.1) is 5.92 Å². The molecule has 2 aromatic rings. The molecule has 98 valence electrons. The summed E-state index contributed by atoms with van der Waals surface area (Å²) < 4.78 is 2.18. The number of thiazole rings is 1. The molecule has 2 aromatic heterocycles. The molecule has 3 rings (SSSR count). The van der Waals surface area contributed by atoms with Gasteiger partial charge in [-0.15, -0.1) is 11.3 Å². The molecule has 0 aliphatic heterocycles. The smallest absolute Gasteiger partial charge is 0.195 e. The number of hydrogen-bond donors (Lipinski definition) is 1. The Morgan fingerprint density at radius 1 is 1.56 bits per heavy atom. The molecule has 0 saturated heterocycles. The highest BCUT2D eigenvalue weighted by molar-refractivity contribution is 7.15. The highest BCUT2D eigenvalue weighted by atomic mass is 32.1. The van der Waals surface area contributed by atoms with Crippen molar-refractivity contribution in [1.82, 2.24) is 9.38 Å². The van der Waals surface area contributed by atoms with E-state index >= 15 is 0 Å². The summed E-state index contributed by atoms with van der Waals surface area (Å²) in [6, 6.07) is 0. The van der Waals surface area contributed by atoms with Crippen LogP contribution < -0.4 is 10.6 Å². The van der Waals surface area contributed by atoms with Crippen molar-refractivity contribution < 1.29 is 0 Å². The Morgan fingerprint density at radius 2 is 2.39 bits per heavy atom. The fraction of sp³-hybridized carbons (Fsp3) is 0.615. The van der Waals surface area contributed by atoms with Crippen molar-refractivity contribution in [3.63, 3.8) is 0 Å². The molecule has 2 heterocycles. The van der Waals surface area contributed by atoms with Gasteiger partial charge in [0.2, 0.25) is 0 Å². The Labute approximate surface area is 111 Å². The second kappa shape index (κ2) is 4.90. The van der Waals surface area contributed by atoms with E-state index in [1.165, 1.54) is 25.0 Å². The van der Waals surface area contributed by atoms with Crippen molar-refractivity contribution in [2.75, 3.05) is 25.0 Å². The number of hydrogen-bond acceptors (Lipinski definition) is 4. The third-order valence-electron chi connectivity index (χ3n) is 3.84. The van der Waals surface area contributed by atoms with Crippen LogP contribution in [0.25, 0.3) is 4.96 Å². The third kappa shape index (κ3) is 2.01. The third-order valence-corrected chi connectivity index (χ3v) is 4.60. The minimum absolute atomic E-state index is 0.675. The van der Waals surface area contributed by atoms with Crippen molar-refractivity contribution in [3.8, 4) is 0 Å². The molecule has 0 aromatic carbocycles. The van der Waals surface area contributed by atoms with E-state index in [1.54, 1.807) is 11.3 Å². The number of fused-ring (bicyclic) bond motifs is 1. The molecular formula is C13H20N4S. The number of anilines is 1. The van der Waals surface area contributed by atoms with Crippen molar-refractivity contribution in [2.45, 2.75) is 25.7 Å². The Bertz CT molecular complexity index is 526. The van der Waals surface area contributed by atoms with Gasteiger partial charge in [0.1, 0.15) is 0 Å². The minimum atomic E-state index is 0.675. The first-order chi connectivity index (χ1) is 8.79. The second-order valence-electron chi connectivity index (χ2n) is 5.15. The molecule has 0 amide bonds. The van der Waals surface area contributed by atoms with E-state index in [1.807, 2.05) is 0 Å². The van der Waals surface area contributed by atoms with Crippen molar-refractivity contribution in [1.29, 1.82) is 0 Å². The summed E-state index contributed by atoms with van der Waals surface area (Å²) in [5.41, 5.74) is 6.99. The lowest BCUT2D eigenvalue weighted by atomic mass is 9.85. The minimum Gasteiger partial charge on any atom is -0.358 e. The molecule has 4 nitrogen and oxygen atoms in total. The predicted molar refractivity (Wildman–Crippen MR) is 76.4 cm³/mol. The van der Waals surface area contributed by atoms with Crippen LogP contribution in [0.4, 0.5) is 5.82 Å². The van der Waals surface area contributed by atoms with Crippen LogP contribution in [-0.4, -0.2) is 29.5 Å². The van der Waals surface area contributed by atoms with Gasteiger partial charge in [0.15, 0.2) is 10.8 Å². The van der Waals surface area contributed by atoms with E-state index in [4.69, 9.17) is 10.7 Å². The largest absolute Gasteiger partial charge is 0.358 e. The summed E-state index contributed by atoms with van der Waals surface area (Å²) in [6.45, 7) is 1.80. The first kappa shape index (κ1) is 12.0. The summed E-state index contributed by atoms with van der Waals surface area (Å²) in [7, 11) is 2.16. The second-order valence-corrected chi connectivity index (χ2v) is 6.03. The van der Waals surface area contributed by atoms with Crippen molar-refractivity contribution in [3.05, 3.63) is 17.3 Å². The summed E-state index contributed by atoms with van der Waals surface area (Å²) in [4.78, 5) is 8.15. The lowest BCUT2D eigenvalue weighted by Gasteiger charge is -2.30. The maximum atomic E-state index is 5.73. The Hall–Kier alpha value is -1.07. The SMILES string of the molecule is CN(CC1CCC1)c1nc2sccn2c1CCN. The van der Waals surface area contributed by atoms with Gasteiger partial charge in [0.25, 0.3) is 0 Å². The van der Waals surface area contributed by atoms with Gasteiger partial charge in [0, 0.05) is 31.6 Å². The average molecular weight is 264 g/mol. The summed E-state index contributed by atoms with van der Waals surface area (Å²) in [6.07, 6.45) is 7.13. The number of nitrogens with zero attached hydrogens (tertiary/aromatic N) is 3. The van der Waals surface area contributed by atoms with Gasteiger partial charge in [-0.2, -0.15) is 0 Å². The zero-order chi connectivity index (χ0) is 12.5. The fourth-order valence-corrected chi connectivity index (χ4v) is 3.37. The van der Waals surface area contributed by atoms with Gasteiger partial charge in [-0.25, -0.2) is 4.98 Å². The monoisotopic (exact) mass is 264 g/mol. The Morgan fingerprint density at radius 3 is 3.06 bits per heavy atom. The molecule has 1 aliphatic rings. The van der Waals surface area contributed by atoms with Gasteiger partial charge in [-0.3, -0.25) is 4.40 Å². The van der Waals surface area contributed by atoms with Gasteiger partial charge in [0.05, 0.1) is 5.69 Å². The number of rotatable bonds is 5. The molecule has 18 heavy (non-hydrogen) atoms. The summed E-state index contributed by atoms with van der Waals surface area (Å²) >= 11 is 1.69. The average Bonchev–Trinajstić information content (AvgIpc) is 2.86. The lowest BCUT2D eigenvalue weighted by molar-refractivity contribution is 0.321. The molecule has 0 unspecified atom stereocenters. The number of nitrogens with two attached hydrogens (primary N) is 1. The van der Waals surface area contributed by atoms with Crippen LogP contribution in [-0.2, 0) is 6.42 Å². The van der Waals surface area contributed by atoms with E-state index in [2.05, 4.69) is 27.9 Å². The standard InChI is InChI=1S/C13H20N4S/c1-16(9-10-3-2-4-10)12-11(5-6-14)17-7-8-18-13(17)15-12/h7-8,10H,2-6,9,14H2,1H3. The molecule has 1 aliphatic carbocycles. The molecule has 2 N–H and O–H groups in total. The van der Waals surface area contributed by atoms with E-state index in [-0.39, 0.29) is 0 Å². The molecule has 1 saturated carbocycles. The Balaban J connectivity index is 1.88. The molecule has 0 bridgehead atoms. The Kier molecular flexibility index (Phi) is 3.26. The van der Waals surface area contributed by atoms with Gasteiger partial charge < -0.3 is 10.6 Å². The zero-order valence-electron chi connectivity index (χ0n) is 10.8. The molecule has 0 spiro atoms. The first-order valence-electron chi connectivity index (χ1n) is 6.65. The lowest BCUT2D eigenvalue weighted by Crippen LogP contribution is -2.30. The van der Waals surface area contributed by atoms with E-state index in [9.17, 15) is 0 Å². The predicted octanol–water partition coefficient (Wildman–Crippen LogP) is 2.13. The van der Waals surface area contributed by atoms with Crippen LogP contribution in [0.3, 0.4) is 0 Å². The highest BCUT2D eigenvalue weighted by Crippen LogP contribution is 2.30. The maximum Gasteiger partial charge on any atom is 0.195 e. The summed E-state index contributed by atoms with van der Waals surface area (Å²) in [5, 5.41) is 2.08. The van der Waals surface area contributed by atoms with Gasteiger partial charge in [-0.1, -0.05) is 6.42 Å². The van der Waals surface area contributed by atoms with Crippen LogP contribution in [0.15, 0.2) is 11.6 Å². The molecule has 0 radical (unpaired) electrons. The maximum absolute atomic E-state index is 5.73. The van der Waals surface area contributed by atoms with E-state index in [0.29, 0.717) is 6.54 Å². The van der Waals surface area contributed by atoms with E-state index < -0.39 is 0 Å². The van der Waals surface area contributed by atoms with Crippen LogP contribution >= 0.6 is 11.3 Å². The quantitative estimate of drug-likeness (QED) is 0.900. The van der Waals surface area contributed by atoms with Crippen molar-refractivity contribution >= 4 is 22.1 Å². The normalized spacial score (nSPS) is 16.1. The number of aromatic nitrogens is 2.